The third-order valence-electron chi connectivity index (χ3n) is 4.94. The molecule has 0 aliphatic heterocycles. The molecular formula is C21H28F4O4. The Kier molecular flexibility index (Phi) is 9.59. The van der Waals surface area contributed by atoms with E-state index in [0.29, 0.717) is 12.5 Å². The molecule has 0 bridgehead atoms. The molecule has 0 unspecified atom stereocenters. The summed E-state index contributed by atoms with van der Waals surface area (Å²) >= 11 is 0. The van der Waals surface area contributed by atoms with Crippen molar-refractivity contribution in [1.82, 2.24) is 0 Å². The lowest BCUT2D eigenvalue weighted by atomic mass is 9.82. The third kappa shape index (κ3) is 6.44. The van der Waals surface area contributed by atoms with Crippen molar-refractivity contribution in [1.29, 1.82) is 0 Å². The van der Waals surface area contributed by atoms with E-state index in [9.17, 15) is 27.2 Å². The van der Waals surface area contributed by atoms with E-state index < -0.39 is 40.7 Å². The molecule has 29 heavy (non-hydrogen) atoms. The highest BCUT2D eigenvalue weighted by Gasteiger charge is 2.47. The van der Waals surface area contributed by atoms with Gasteiger partial charge in [-0.2, -0.15) is 13.2 Å². The smallest absolute Gasteiger partial charge is 0.419 e. The Labute approximate surface area is 168 Å². The van der Waals surface area contributed by atoms with Gasteiger partial charge in [-0.3, -0.25) is 9.59 Å². The van der Waals surface area contributed by atoms with Crippen LogP contribution in [0.15, 0.2) is 18.2 Å². The maximum atomic E-state index is 14.2. The van der Waals surface area contributed by atoms with Gasteiger partial charge in [0, 0.05) is 0 Å². The van der Waals surface area contributed by atoms with Gasteiger partial charge in [0.2, 0.25) is 0 Å². The fourth-order valence-corrected chi connectivity index (χ4v) is 2.93. The van der Waals surface area contributed by atoms with Crippen LogP contribution in [-0.4, -0.2) is 18.5 Å². The average molecular weight is 420 g/mol. The molecule has 0 radical (unpaired) electrons. The number of halogens is 4. The SMILES string of the molecule is CCCCCCCOC(=O)C(CC)(CC)C(=O)Oc1cccc(C(F)(F)F)c1F. The number of carbonyl (C=O) groups is 2. The summed E-state index contributed by atoms with van der Waals surface area (Å²) in [5.41, 5.74) is -3.25. The fourth-order valence-electron chi connectivity index (χ4n) is 2.93. The molecule has 0 amide bonds. The van der Waals surface area contributed by atoms with Crippen LogP contribution >= 0.6 is 0 Å². The topological polar surface area (TPSA) is 52.6 Å². The molecule has 0 spiro atoms. The number of hydrogen-bond donors (Lipinski definition) is 0. The summed E-state index contributed by atoms with van der Waals surface area (Å²) in [5.74, 6) is -4.51. The van der Waals surface area contributed by atoms with Crippen LogP contribution in [0.1, 0.15) is 71.3 Å². The van der Waals surface area contributed by atoms with Crippen LogP contribution in [0.4, 0.5) is 17.6 Å². The lowest BCUT2D eigenvalue weighted by Gasteiger charge is -2.27. The zero-order valence-electron chi connectivity index (χ0n) is 17.0. The van der Waals surface area contributed by atoms with Crippen molar-refractivity contribution in [2.45, 2.75) is 71.9 Å². The second-order valence-electron chi connectivity index (χ2n) is 6.84. The van der Waals surface area contributed by atoms with Crippen LogP contribution in [0.3, 0.4) is 0 Å². The Balaban J connectivity index is 2.90. The Morgan fingerprint density at radius 1 is 0.931 bits per heavy atom. The maximum Gasteiger partial charge on any atom is 0.419 e. The molecule has 8 heteroatoms. The quantitative estimate of drug-likeness (QED) is 0.143. The average Bonchev–Trinajstić information content (AvgIpc) is 2.66. The summed E-state index contributed by atoms with van der Waals surface area (Å²) in [4.78, 5) is 25.2. The van der Waals surface area contributed by atoms with Crippen LogP contribution in [0.2, 0.25) is 0 Å². The normalized spacial score (nSPS) is 12.0. The molecule has 0 fully saturated rings. The molecule has 0 saturated carbocycles. The van der Waals surface area contributed by atoms with Gasteiger partial charge < -0.3 is 9.47 Å². The van der Waals surface area contributed by atoms with E-state index in [1.807, 2.05) is 0 Å². The number of carbonyl (C=O) groups excluding carboxylic acids is 2. The second-order valence-corrected chi connectivity index (χ2v) is 6.84. The van der Waals surface area contributed by atoms with Gasteiger partial charge in [0.15, 0.2) is 17.0 Å². The highest BCUT2D eigenvalue weighted by molar-refractivity contribution is 6.00. The number of unbranched alkanes of at least 4 members (excludes halogenated alkanes) is 4. The number of benzene rings is 1. The number of hydrogen-bond acceptors (Lipinski definition) is 4. The van der Waals surface area contributed by atoms with Gasteiger partial charge in [0.25, 0.3) is 0 Å². The minimum Gasteiger partial charge on any atom is -0.465 e. The second kappa shape index (κ2) is 11.2. The van der Waals surface area contributed by atoms with E-state index in [1.54, 1.807) is 13.8 Å². The van der Waals surface area contributed by atoms with Crippen molar-refractivity contribution in [3.63, 3.8) is 0 Å². The minimum atomic E-state index is -4.93. The molecule has 1 aromatic carbocycles. The van der Waals surface area contributed by atoms with Crippen molar-refractivity contribution in [3.05, 3.63) is 29.6 Å². The van der Waals surface area contributed by atoms with Crippen molar-refractivity contribution in [3.8, 4) is 5.75 Å². The molecule has 1 rings (SSSR count). The molecule has 164 valence electrons. The van der Waals surface area contributed by atoms with Gasteiger partial charge in [-0.15, -0.1) is 0 Å². The van der Waals surface area contributed by atoms with Gasteiger partial charge in [0.05, 0.1) is 12.2 Å². The number of alkyl halides is 3. The monoisotopic (exact) mass is 420 g/mol. The van der Waals surface area contributed by atoms with E-state index in [1.165, 1.54) is 0 Å². The largest absolute Gasteiger partial charge is 0.465 e. The van der Waals surface area contributed by atoms with Gasteiger partial charge in [-0.25, -0.2) is 4.39 Å². The predicted octanol–water partition coefficient (Wildman–Crippen LogP) is 6.07. The maximum absolute atomic E-state index is 14.2. The van der Waals surface area contributed by atoms with Gasteiger partial charge in [0.1, 0.15) is 0 Å². The van der Waals surface area contributed by atoms with Crippen LogP contribution in [0, 0.1) is 11.2 Å². The first kappa shape index (κ1) is 24.9. The summed E-state index contributed by atoms with van der Waals surface area (Å²) in [7, 11) is 0. The molecule has 0 N–H and O–H groups in total. The highest BCUT2D eigenvalue weighted by Crippen LogP contribution is 2.36. The van der Waals surface area contributed by atoms with Crippen LogP contribution in [0.25, 0.3) is 0 Å². The molecule has 0 saturated heterocycles. The summed E-state index contributed by atoms with van der Waals surface area (Å²) in [6, 6.07) is 2.40. The molecule has 0 atom stereocenters. The fraction of sp³-hybridized carbons (Fsp3) is 0.619. The van der Waals surface area contributed by atoms with Crippen LogP contribution < -0.4 is 4.74 Å². The van der Waals surface area contributed by atoms with Crippen LogP contribution in [0.5, 0.6) is 5.75 Å². The molecule has 0 aliphatic carbocycles. The molecule has 4 nitrogen and oxygen atoms in total. The zero-order chi connectivity index (χ0) is 22.1. The Hall–Kier alpha value is -2.12. The Morgan fingerprint density at radius 3 is 2.10 bits per heavy atom. The molecule has 0 aromatic heterocycles. The van der Waals surface area contributed by atoms with Gasteiger partial charge in [-0.1, -0.05) is 52.5 Å². The van der Waals surface area contributed by atoms with Crippen molar-refractivity contribution in [2.24, 2.45) is 5.41 Å². The highest BCUT2D eigenvalue weighted by atomic mass is 19.4. The lowest BCUT2D eigenvalue weighted by molar-refractivity contribution is -0.168. The summed E-state index contributed by atoms with van der Waals surface area (Å²) in [6.45, 7) is 5.34. The van der Waals surface area contributed by atoms with E-state index in [-0.39, 0.29) is 19.4 Å². The minimum absolute atomic E-state index is 0.0115. The first-order chi connectivity index (χ1) is 13.6. The Morgan fingerprint density at radius 2 is 1.55 bits per heavy atom. The third-order valence-corrected chi connectivity index (χ3v) is 4.94. The van der Waals surface area contributed by atoms with E-state index in [2.05, 4.69) is 6.92 Å². The predicted molar refractivity (Wildman–Crippen MR) is 99.8 cm³/mol. The molecule has 1 aromatic rings. The molecular weight excluding hydrogens is 392 g/mol. The van der Waals surface area contributed by atoms with E-state index >= 15 is 0 Å². The molecule has 0 heterocycles. The summed E-state index contributed by atoms with van der Waals surface area (Å²) in [6.07, 6.45) is -0.218. The van der Waals surface area contributed by atoms with Gasteiger partial charge in [-0.05, 0) is 31.4 Å². The van der Waals surface area contributed by atoms with E-state index in [0.717, 1.165) is 37.8 Å². The van der Waals surface area contributed by atoms with Crippen molar-refractivity contribution < 1.29 is 36.6 Å². The zero-order valence-corrected chi connectivity index (χ0v) is 17.0. The Bertz CT molecular complexity index is 682. The summed E-state index contributed by atoms with van der Waals surface area (Å²) < 4.78 is 62.8. The first-order valence-electron chi connectivity index (χ1n) is 9.89. The van der Waals surface area contributed by atoms with Gasteiger partial charge >= 0.3 is 18.1 Å². The number of rotatable bonds is 11. The van der Waals surface area contributed by atoms with Crippen molar-refractivity contribution in [2.75, 3.05) is 6.61 Å². The van der Waals surface area contributed by atoms with Crippen molar-refractivity contribution >= 4 is 11.9 Å². The lowest BCUT2D eigenvalue weighted by Crippen LogP contribution is -2.42. The number of ether oxygens (including phenoxy) is 2. The number of esters is 2. The first-order valence-corrected chi connectivity index (χ1v) is 9.89. The standard InChI is InChI=1S/C21H28F4O4/c1-4-7-8-9-10-14-28-18(26)20(5-2,6-3)19(27)29-16-13-11-12-15(17(16)22)21(23,24)25/h11-13H,4-10,14H2,1-3H3. The van der Waals surface area contributed by atoms with Crippen LogP contribution in [-0.2, 0) is 20.5 Å². The summed E-state index contributed by atoms with van der Waals surface area (Å²) in [5, 5.41) is 0. The molecule has 0 aliphatic rings. The van der Waals surface area contributed by atoms with E-state index in [4.69, 9.17) is 9.47 Å².